The molecule has 30 heavy (non-hydrogen) atoms. The molecule has 1 saturated heterocycles. The second kappa shape index (κ2) is 8.37. The van der Waals surface area contributed by atoms with Crippen LogP contribution in [-0.4, -0.2) is 51.0 Å². The lowest BCUT2D eigenvalue weighted by Crippen LogP contribution is -2.28. The smallest absolute Gasteiger partial charge is 0.242 e. The number of carbonyl (C=O) groups excluding carboxylic acids is 3. The SMILES string of the molecule is CC(=O)c1cccc(NC(=O)[C@@H]2CC(=O)N(c3ccc(S(=O)(=O)N(C)C)cc3)C2)c1. The van der Waals surface area contributed by atoms with Crippen molar-refractivity contribution in [2.24, 2.45) is 5.92 Å². The second-order valence-electron chi connectivity index (χ2n) is 7.31. The summed E-state index contributed by atoms with van der Waals surface area (Å²) in [6, 6.07) is 12.6. The molecule has 0 spiro atoms. The van der Waals surface area contributed by atoms with Gasteiger partial charge in [0.1, 0.15) is 0 Å². The highest BCUT2D eigenvalue weighted by Crippen LogP contribution is 2.27. The van der Waals surface area contributed by atoms with E-state index in [4.69, 9.17) is 0 Å². The molecular weight excluding hydrogens is 406 g/mol. The number of ketones is 1. The summed E-state index contributed by atoms with van der Waals surface area (Å²) in [6.07, 6.45) is 0.0516. The van der Waals surface area contributed by atoms with Gasteiger partial charge >= 0.3 is 0 Å². The first kappa shape index (κ1) is 21.7. The molecule has 1 heterocycles. The average Bonchev–Trinajstić information content (AvgIpc) is 3.10. The first-order valence-electron chi connectivity index (χ1n) is 9.34. The minimum Gasteiger partial charge on any atom is -0.326 e. The van der Waals surface area contributed by atoms with Gasteiger partial charge in [0, 0.05) is 44.0 Å². The normalized spacial score (nSPS) is 16.7. The molecule has 2 aromatic rings. The lowest BCUT2D eigenvalue weighted by atomic mass is 10.1. The number of carbonyl (C=O) groups is 3. The van der Waals surface area contributed by atoms with E-state index in [0.717, 1.165) is 4.31 Å². The Balaban J connectivity index is 1.71. The van der Waals surface area contributed by atoms with Crippen molar-refractivity contribution in [1.82, 2.24) is 4.31 Å². The van der Waals surface area contributed by atoms with E-state index in [0.29, 0.717) is 16.9 Å². The summed E-state index contributed by atoms with van der Waals surface area (Å²) in [7, 11) is -0.663. The summed E-state index contributed by atoms with van der Waals surface area (Å²) in [5.74, 6) is -1.18. The molecule has 0 bridgehead atoms. The van der Waals surface area contributed by atoms with Crippen LogP contribution in [0.1, 0.15) is 23.7 Å². The van der Waals surface area contributed by atoms with Crippen LogP contribution in [0.15, 0.2) is 53.4 Å². The molecule has 1 aliphatic rings. The minimum absolute atomic E-state index is 0.0516. The van der Waals surface area contributed by atoms with Crippen molar-refractivity contribution in [2.45, 2.75) is 18.2 Å². The standard InChI is InChI=1S/C21H23N3O5S/c1-14(25)15-5-4-6-17(11-15)22-21(27)16-12-20(26)24(13-16)18-7-9-19(10-8-18)30(28,29)23(2)3/h4-11,16H,12-13H2,1-3H3,(H,22,27)/t16-/m1/s1. The van der Waals surface area contributed by atoms with Crippen molar-refractivity contribution in [1.29, 1.82) is 0 Å². The maximum absolute atomic E-state index is 12.6. The summed E-state index contributed by atoms with van der Waals surface area (Å²) in [4.78, 5) is 38.2. The predicted molar refractivity (Wildman–Crippen MR) is 113 cm³/mol. The Morgan fingerprint density at radius 3 is 2.37 bits per heavy atom. The van der Waals surface area contributed by atoms with E-state index >= 15 is 0 Å². The van der Waals surface area contributed by atoms with Gasteiger partial charge in [0.25, 0.3) is 0 Å². The van der Waals surface area contributed by atoms with E-state index in [2.05, 4.69) is 5.32 Å². The Kier molecular flexibility index (Phi) is 6.04. The van der Waals surface area contributed by atoms with Gasteiger partial charge in [0.15, 0.2) is 5.78 Å². The minimum atomic E-state index is -3.56. The van der Waals surface area contributed by atoms with Gasteiger partial charge in [-0.2, -0.15) is 0 Å². The van der Waals surface area contributed by atoms with E-state index in [1.807, 2.05) is 0 Å². The van der Waals surface area contributed by atoms with Crippen LogP contribution in [0.3, 0.4) is 0 Å². The highest BCUT2D eigenvalue weighted by Gasteiger charge is 2.35. The fourth-order valence-corrected chi connectivity index (χ4v) is 4.10. The van der Waals surface area contributed by atoms with Gasteiger partial charge in [0.2, 0.25) is 21.8 Å². The van der Waals surface area contributed by atoms with Gasteiger partial charge in [-0.1, -0.05) is 12.1 Å². The van der Waals surface area contributed by atoms with Crippen LogP contribution in [0, 0.1) is 5.92 Å². The summed E-state index contributed by atoms with van der Waals surface area (Å²) < 4.78 is 25.5. The highest BCUT2D eigenvalue weighted by molar-refractivity contribution is 7.89. The Bertz CT molecular complexity index is 1090. The highest BCUT2D eigenvalue weighted by atomic mass is 32.2. The van der Waals surface area contributed by atoms with E-state index in [-0.39, 0.29) is 35.5 Å². The second-order valence-corrected chi connectivity index (χ2v) is 9.46. The van der Waals surface area contributed by atoms with Crippen LogP contribution in [0.4, 0.5) is 11.4 Å². The van der Waals surface area contributed by atoms with Gasteiger partial charge in [-0.05, 0) is 43.3 Å². The van der Waals surface area contributed by atoms with E-state index in [1.54, 1.807) is 36.4 Å². The van der Waals surface area contributed by atoms with Gasteiger partial charge in [-0.25, -0.2) is 12.7 Å². The molecule has 0 unspecified atom stereocenters. The van der Waals surface area contributed by atoms with Crippen LogP contribution in [0.25, 0.3) is 0 Å². The van der Waals surface area contributed by atoms with Crippen LogP contribution in [-0.2, 0) is 19.6 Å². The molecular formula is C21H23N3O5S. The van der Waals surface area contributed by atoms with Crippen molar-refractivity contribution in [2.75, 3.05) is 30.9 Å². The maximum atomic E-state index is 12.6. The van der Waals surface area contributed by atoms with Crippen molar-refractivity contribution in [3.63, 3.8) is 0 Å². The van der Waals surface area contributed by atoms with Crippen molar-refractivity contribution in [3.05, 3.63) is 54.1 Å². The number of amides is 2. The van der Waals surface area contributed by atoms with Gasteiger partial charge in [0.05, 0.1) is 10.8 Å². The van der Waals surface area contributed by atoms with Crippen LogP contribution >= 0.6 is 0 Å². The summed E-state index contributed by atoms with van der Waals surface area (Å²) in [5.41, 5.74) is 1.52. The molecule has 1 fully saturated rings. The Labute approximate surface area is 175 Å². The zero-order chi connectivity index (χ0) is 22.1. The molecule has 9 heteroatoms. The monoisotopic (exact) mass is 429 g/mol. The number of nitrogens with zero attached hydrogens (tertiary/aromatic N) is 2. The number of Topliss-reactive ketones (excluding diaryl/α,β-unsaturated/α-hetero) is 1. The maximum Gasteiger partial charge on any atom is 0.242 e. The summed E-state index contributed by atoms with van der Waals surface area (Å²) in [6.45, 7) is 1.64. The lowest BCUT2D eigenvalue weighted by molar-refractivity contribution is -0.122. The number of benzene rings is 2. The first-order chi connectivity index (χ1) is 14.1. The van der Waals surface area contributed by atoms with Crippen LogP contribution < -0.4 is 10.2 Å². The number of hydrogen-bond acceptors (Lipinski definition) is 5. The predicted octanol–water partition coefficient (Wildman–Crippen LogP) is 2.13. The number of nitrogens with one attached hydrogen (secondary N) is 1. The third kappa shape index (κ3) is 4.42. The zero-order valence-corrected chi connectivity index (χ0v) is 17.8. The molecule has 8 nitrogen and oxygen atoms in total. The molecule has 0 aliphatic carbocycles. The number of anilines is 2. The molecule has 1 N–H and O–H groups in total. The van der Waals surface area contributed by atoms with Crippen molar-refractivity contribution >= 4 is 39.0 Å². The molecule has 2 aromatic carbocycles. The fraction of sp³-hybridized carbons (Fsp3) is 0.286. The van der Waals surface area contributed by atoms with Crippen LogP contribution in [0.5, 0.6) is 0 Å². The quantitative estimate of drug-likeness (QED) is 0.709. The van der Waals surface area contributed by atoms with E-state index in [1.165, 1.54) is 38.1 Å². The van der Waals surface area contributed by atoms with Crippen molar-refractivity contribution in [3.8, 4) is 0 Å². The number of hydrogen-bond donors (Lipinski definition) is 1. The Morgan fingerprint density at radius 2 is 1.77 bits per heavy atom. The molecule has 0 aromatic heterocycles. The Hall–Kier alpha value is -3.04. The van der Waals surface area contributed by atoms with E-state index < -0.39 is 15.9 Å². The van der Waals surface area contributed by atoms with Crippen LogP contribution in [0.2, 0.25) is 0 Å². The van der Waals surface area contributed by atoms with Gasteiger partial charge in [-0.15, -0.1) is 0 Å². The third-order valence-corrected chi connectivity index (χ3v) is 6.79. The summed E-state index contributed by atoms with van der Waals surface area (Å²) >= 11 is 0. The zero-order valence-electron chi connectivity index (χ0n) is 17.0. The van der Waals surface area contributed by atoms with Crippen molar-refractivity contribution < 1.29 is 22.8 Å². The van der Waals surface area contributed by atoms with Gasteiger partial charge < -0.3 is 10.2 Å². The molecule has 3 rings (SSSR count). The average molecular weight is 429 g/mol. The molecule has 1 atom stereocenters. The topological polar surface area (TPSA) is 104 Å². The molecule has 0 radical (unpaired) electrons. The molecule has 1 aliphatic heterocycles. The van der Waals surface area contributed by atoms with E-state index in [9.17, 15) is 22.8 Å². The number of rotatable bonds is 6. The summed E-state index contributed by atoms with van der Waals surface area (Å²) in [5, 5.41) is 2.76. The molecule has 158 valence electrons. The molecule has 2 amide bonds. The third-order valence-electron chi connectivity index (χ3n) is 4.96. The lowest BCUT2D eigenvalue weighted by Gasteiger charge is -2.18. The largest absolute Gasteiger partial charge is 0.326 e. The fourth-order valence-electron chi connectivity index (χ4n) is 3.20. The molecule has 0 saturated carbocycles. The van der Waals surface area contributed by atoms with Gasteiger partial charge in [-0.3, -0.25) is 14.4 Å². The first-order valence-corrected chi connectivity index (χ1v) is 10.8. The Morgan fingerprint density at radius 1 is 1.10 bits per heavy atom. The number of sulfonamides is 1.